The molecular weight excluding hydrogens is 240 g/mol. The van der Waals surface area contributed by atoms with Crippen LogP contribution in [-0.4, -0.2) is 52.1 Å². The summed E-state index contributed by atoms with van der Waals surface area (Å²) >= 11 is 0. The minimum atomic E-state index is 0.119. The van der Waals surface area contributed by atoms with Crippen LogP contribution in [-0.2, 0) is 13.0 Å². The molecule has 3 heterocycles. The van der Waals surface area contributed by atoms with Crippen LogP contribution in [0.3, 0.4) is 0 Å². The number of likely N-dealkylation sites (tertiary alicyclic amines) is 1. The number of amides is 1. The van der Waals surface area contributed by atoms with Crippen molar-refractivity contribution < 1.29 is 4.79 Å². The van der Waals surface area contributed by atoms with Crippen molar-refractivity contribution in [2.24, 2.45) is 0 Å². The molecule has 1 N–H and O–H groups in total. The summed E-state index contributed by atoms with van der Waals surface area (Å²) in [4.78, 5) is 16.8. The van der Waals surface area contributed by atoms with Crippen molar-refractivity contribution in [3.05, 3.63) is 17.0 Å². The fourth-order valence-corrected chi connectivity index (χ4v) is 3.10. The highest BCUT2D eigenvalue weighted by molar-refractivity contribution is 5.94. The van der Waals surface area contributed by atoms with Gasteiger partial charge in [0.05, 0.1) is 0 Å². The topological polar surface area (TPSA) is 52.2 Å². The van der Waals surface area contributed by atoms with Gasteiger partial charge in [0.15, 0.2) is 5.69 Å². The maximum absolute atomic E-state index is 12.5. The van der Waals surface area contributed by atoms with E-state index in [0.29, 0.717) is 5.69 Å². The normalized spacial score (nSPS) is 19.7. The summed E-state index contributed by atoms with van der Waals surface area (Å²) in [6, 6.07) is 0. The summed E-state index contributed by atoms with van der Waals surface area (Å²) in [5.41, 5.74) is 2.96. The molecule has 1 saturated heterocycles. The fraction of sp³-hybridized carbons (Fsp3) is 0.714. The highest BCUT2D eigenvalue weighted by atomic mass is 16.2. The maximum Gasteiger partial charge on any atom is 0.274 e. The van der Waals surface area contributed by atoms with Crippen molar-refractivity contribution in [2.75, 3.05) is 26.2 Å². The third-order valence-electron chi connectivity index (χ3n) is 4.15. The second-order valence-corrected chi connectivity index (χ2v) is 5.55. The van der Waals surface area contributed by atoms with Crippen LogP contribution in [0.5, 0.6) is 0 Å². The van der Waals surface area contributed by atoms with E-state index in [9.17, 15) is 4.79 Å². The molecule has 3 rings (SSSR count). The molecule has 1 aromatic heterocycles. The zero-order chi connectivity index (χ0) is 13.2. The number of rotatable bonds is 3. The van der Waals surface area contributed by atoms with Gasteiger partial charge >= 0.3 is 0 Å². The average molecular weight is 262 g/mol. The molecule has 2 aliphatic heterocycles. The van der Waals surface area contributed by atoms with Gasteiger partial charge in [-0.3, -0.25) is 14.8 Å². The molecule has 0 atom stereocenters. The number of nitrogens with one attached hydrogen (secondary N) is 1. The molecule has 5 heteroatoms. The van der Waals surface area contributed by atoms with Crippen LogP contribution >= 0.6 is 0 Å². The SMILES string of the molecule is CCCN1CCc2[nH]nc(C(=O)N3CCCC3)c2C1. The van der Waals surface area contributed by atoms with E-state index in [1.54, 1.807) is 0 Å². The number of fused-ring (bicyclic) bond motifs is 1. The van der Waals surface area contributed by atoms with E-state index in [2.05, 4.69) is 22.0 Å². The number of H-pyrrole nitrogens is 1. The van der Waals surface area contributed by atoms with Crippen molar-refractivity contribution in [1.82, 2.24) is 20.0 Å². The smallest absolute Gasteiger partial charge is 0.274 e. The monoisotopic (exact) mass is 262 g/mol. The molecule has 0 bridgehead atoms. The lowest BCUT2D eigenvalue weighted by molar-refractivity contribution is 0.0784. The number of aromatic nitrogens is 2. The molecule has 19 heavy (non-hydrogen) atoms. The summed E-state index contributed by atoms with van der Waals surface area (Å²) in [6.45, 7) is 7.01. The van der Waals surface area contributed by atoms with Gasteiger partial charge in [-0.05, 0) is 25.8 Å². The first kappa shape index (κ1) is 12.7. The van der Waals surface area contributed by atoms with E-state index < -0.39 is 0 Å². The molecule has 0 radical (unpaired) electrons. The molecule has 5 nitrogen and oxygen atoms in total. The quantitative estimate of drug-likeness (QED) is 0.896. The highest BCUT2D eigenvalue weighted by Crippen LogP contribution is 2.22. The molecule has 1 amide bonds. The van der Waals surface area contributed by atoms with Gasteiger partial charge in [0.25, 0.3) is 5.91 Å². The van der Waals surface area contributed by atoms with Gasteiger partial charge in [-0.2, -0.15) is 5.10 Å². The molecule has 0 spiro atoms. The van der Waals surface area contributed by atoms with Gasteiger partial charge in [0.2, 0.25) is 0 Å². The minimum Gasteiger partial charge on any atom is -0.337 e. The summed E-state index contributed by atoms with van der Waals surface area (Å²) in [5, 5.41) is 7.36. The zero-order valence-corrected chi connectivity index (χ0v) is 11.6. The largest absolute Gasteiger partial charge is 0.337 e. The average Bonchev–Trinajstić information content (AvgIpc) is 3.07. The number of carbonyl (C=O) groups is 1. The Morgan fingerprint density at radius 1 is 1.32 bits per heavy atom. The Labute approximate surface area is 114 Å². The Morgan fingerprint density at radius 3 is 2.84 bits per heavy atom. The van der Waals surface area contributed by atoms with Crippen molar-refractivity contribution in [2.45, 2.75) is 39.2 Å². The van der Waals surface area contributed by atoms with Gasteiger partial charge in [-0.15, -0.1) is 0 Å². The van der Waals surface area contributed by atoms with Crippen molar-refractivity contribution in [3.63, 3.8) is 0 Å². The first-order chi connectivity index (χ1) is 9.29. The van der Waals surface area contributed by atoms with E-state index in [1.165, 1.54) is 0 Å². The standard InChI is InChI=1S/C14H22N4O/c1-2-6-17-9-5-12-11(10-17)13(16-15-12)14(19)18-7-3-4-8-18/h2-10H2,1H3,(H,15,16). The van der Waals surface area contributed by atoms with Gasteiger partial charge in [-0.25, -0.2) is 0 Å². The fourth-order valence-electron chi connectivity index (χ4n) is 3.10. The lowest BCUT2D eigenvalue weighted by atomic mass is 10.0. The Kier molecular flexibility index (Phi) is 3.55. The number of hydrogen-bond donors (Lipinski definition) is 1. The van der Waals surface area contributed by atoms with Gasteiger partial charge in [-0.1, -0.05) is 6.92 Å². The van der Waals surface area contributed by atoms with Crippen molar-refractivity contribution in [1.29, 1.82) is 0 Å². The second-order valence-electron chi connectivity index (χ2n) is 5.55. The van der Waals surface area contributed by atoms with Crippen molar-refractivity contribution in [3.8, 4) is 0 Å². The number of nitrogens with zero attached hydrogens (tertiary/aromatic N) is 3. The van der Waals surface area contributed by atoms with E-state index in [1.807, 2.05) is 4.90 Å². The first-order valence-corrected chi connectivity index (χ1v) is 7.37. The third-order valence-corrected chi connectivity index (χ3v) is 4.15. The van der Waals surface area contributed by atoms with Gasteiger partial charge in [0, 0.05) is 43.9 Å². The lowest BCUT2D eigenvalue weighted by Gasteiger charge is -2.26. The summed E-state index contributed by atoms with van der Waals surface area (Å²) in [5.74, 6) is 0.119. The molecular formula is C14H22N4O. The first-order valence-electron chi connectivity index (χ1n) is 7.37. The molecule has 0 aliphatic carbocycles. The molecule has 0 aromatic carbocycles. The zero-order valence-electron chi connectivity index (χ0n) is 11.6. The summed E-state index contributed by atoms with van der Waals surface area (Å²) in [7, 11) is 0. The Morgan fingerprint density at radius 2 is 2.11 bits per heavy atom. The third kappa shape index (κ3) is 2.39. The molecule has 1 aromatic rings. The van der Waals surface area contributed by atoms with Crippen LogP contribution in [0.2, 0.25) is 0 Å². The van der Waals surface area contributed by atoms with Crippen LogP contribution in [0.4, 0.5) is 0 Å². The van der Waals surface area contributed by atoms with Crippen LogP contribution < -0.4 is 0 Å². The van der Waals surface area contributed by atoms with E-state index >= 15 is 0 Å². The molecule has 0 unspecified atom stereocenters. The van der Waals surface area contributed by atoms with Crippen LogP contribution in [0, 0.1) is 0 Å². The summed E-state index contributed by atoms with van der Waals surface area (Å²) < 4.78 is 0. The van der Waals surface area contributed by atoms with E-state index in [-0.39, 0.29) is 5.91 Å². The highest BCUT2D eigenvalue weighted by Gasteiger charge is 2.28. The lowest BCUT2D eigenvalue weighted by Crippen LogP contribution is -2.33. The van der Waals surface area contributed by atoms with E-state index in [4.69, 9.17) is 0 Å². The number of aromatic amines is 1. The molecule has 0 saturated carbocycles. The molecule has 104 valence electrons. The minimum absolute atomic E-state index is 0.119. The Bertz CT molecular complexity index is 462. The number of carbonyl (C=O) groups excluding carboxylic acids is 1. The molecule has 1 fully saturated rings. The van der Waals surface area contributed by atoms with E-state index in [0.717, 1.165) is 69.7 Å². The maximum atomic E-state index is 12.5. The predicted molar refractivity (Wildman–Crippen MR) is 73.0 cm³/mol. The Balaban J connectivity index is 1.80. The van der Waals surface area contributed by atoms with Gasteiger partial charge in [0.1, 0.15) is 0 Å². The van der Waals surface area contributed by atoms with Crippen molar-refractivity contribution >= 4 is 5.91 Å². The Hall–Kier alpha value is -1.36. The molecule has 2 aliphatic rings. The van der Waals surface area contributed by atoms with Gasteiger partial charge < -0.3 is 4.90 Å². The summed E-state index contributed by atoms with van der Waals surface area (Å²) in [6.07, 6.45) is 4.39. The predicted octanol–water partition coefficient (Wildman–Crippen LogP) is 1.41. The van der Waals surface area contributed by atoms with Crippen LogP contribution in [0.25, 0.3) is 0 Å². The second kappa shape index (κ2) is 5.33. The van der Waals surface area contributed by atoms with Crippen LogP contribution in [0.15, 0.2) is 0 Å². The van der Waals surface area contributed by atoms with Crippen LogP contribution in [0.1, 0.15) is 47.9 Å². The number of hydrogen-bond acceptors (Lipinski definition) is 3.